The minimum atomic E-state index is -0.536. The Morgan fingerprint density at radius 2 is 2.35 bits per heavy atom. The zero-order chi connectivity index (χ0) is 12.3. The molecular weight excluding hydrogens is 222 g/mol. The molecule has 1 fully saturated rings. The van der Waals surface area contributed by atoms with Gasteiger partial charge in [0.2, 0.25) is 0 Å². The number of benzene rings is 1. The molecule has 1 aliphatic rings. The molecule has 1 unspecified atom stereocenters. The summed E-state index contributed by atoms with van der Waals surface area (Å²) in [5.74, 6) is -0.119. The van der Waals surface area contributed by atoms with E-state index in [0.29, 0.717) is 18.9 Å². The molecule has 1 heterocycles. The van der Waals surface area contributed by atoms with Crippen LogP contribution in [0, 0.1) is 0 Å². The largest absolute Gasteiger partial charge is 0.508 e. The molecule has 0 saturated carbocycles. The fourth-order valence-electron chi connectivity index (χ4n) is 1.47. The summed E-state index contributed by atoms with van der Waals surface area (Å²) >= 11 is 0. The van der Waals surface area contributed by atoms with Crippen molar-refractivity contribution >= 4 is 11.6 Å². The van der Waals surface area contributed by atoms with E-state index in [1.807, 2.05) is 0 Å². The van der Waals surface area contributed by atoms with Crippen molar-refractivity contribution in [2.45, 2.75) is 19.1 Å². The van der Waals surface area contributed by atoms with E-state index in [9.17, 15) is 9.90 Å². The third kappa shape index (κ3) is 3.18. The first kappa shape index (κ1) is 11.9. The second-order valence-electron chi connectivity index (χ2n) is 3.98. The number of hydrogen-bond acceptors (Lipinski definition) is 4. The van der Waals surface area contributed by atoms with Gasteiger partial charge < -0.3 is 19.9 Å². The summed E-state index contributed by atoms with van der Waals surface area (Å²) in [7, 11) is 0. The number of anilines is 1. The second kappa shape index (κ2) is 5.16. The molecule has 1 amide bonds. The van der Waals surface area contributed by atoms with Crippen LogP contribution in [-0.2, 0) is 14.3 Å². The van der Waals surface area contributed by atoms with Crippen LogP contribution in [0.1, 0.15) is 6.92 Å². The summed E-state index contributed by atoms with van der Waals surface area (Å²) in [6.45, 7) is 2.78. The molecule has 17 heavy (non-hydrogen) atoms. The number of hydrogen-bond donors (Lipinski definition) is 2. The van der Waals surface area contributed by atoms with Gasteiger partial charge in [-0.15, -0.1) is 0 Å². The van der Waals surface area contributed by atoms with Crippen LogP contribution in [0.25, 0.3) is 0 Å². The SMILES string of the molecule is CC(OC1COC1)C(=O)Nc1cccc(O)c1. The predicted octanol–water partition coefficient (Wildman–Crippen LogP) is 1.13. The average molecular weight is 237 g/mol. The van der Waals surface area contributed by atoms with Crippen LogP contribution in [-0.4, -0.2) is 36.4 Å². The Balaban J connectivity index is 1.87. The van der Waals surface area contributed by atoms with E-state index in [0.717, 1.165) is 0 Å². The number of amides is 1. The first-order valence-electron chi connectivity index (χ1n) is 5.48. The maximum atomic E-state index is 11.7. The van der Waals surface area contributed by atoms with Gasteiger partial charge in [0.1, 0.15) is 18.0 Å². The molecule has 2 rings (SSSR count). The van der Waals surface area contributed by atoms with Gasteiger partial charge in [0.25, 0.3) is 5.91 Å². The average Bonchev–Trinajstić information content (AvgIpc) is 2.23. The van der Waals surface area contributed by atoms with Crippen molar-refractivity contribution in [3.8, 4) is 5.75 Å². The highest BCUT2D eigenvalue weighted by Gasteiger charge is 2.24. The molecule has 0 aliphatic carbocycles. The van der Waals surface area contributed by atoms with E-state index in [-0.39, 0.29) is 17.8 Å². The molecule has 0 bridgehead atoms. The van der Waals surface area contributed by atoms with E-state index in [4.69, 9.17) is 9.47 Å². The number of aromatic hydroxyl groups is 1. The number of phenols is 1. The van der Waals surface area contributed by atoms with Gasteiger partial charge >= 0.3 is 0 Å². The zero-order valence-electron chi connectivity index (χ0n) is 9.55. The van der Waals surface area contributed by atoms with Crippen LogP contribution in [0.2, 0.25) is 0 Å². The van der Waals surface area contributed by atoms with Gasteiger partial charge in [0.05, 0.1) is 13.2 Å². The van der Waals surface area contributed by atoms with Gasteiger partial charge in [0.15, 0.2) is 0 Å². The van der Waals surface area contributed by atoms with Crippen LogP contribution < -0.4 is 5.32 Å². The van der Waals surface area contributed by atoms with Crippen LogP contribution in [0.3, 0.4) is 0 Å². The molecular formula is C12H15NO4. The second-order valence-corrected chi connectivity index (χ2v) is 3.98. The van der Waals surface area contributed by atoms with Crippen LogP contribution in [0.4, 0.5) is 5.69 Å². The van der Waals surface area contributed by atoms with Crippen molar-refractivity contribution in [1.29, 1.82) is 0 Å². The van der Waals surface area contributed by atoms with Gasteiger partial charge in [-0.3, -0.25) is 4.79 Å². The molecule has 2 N–H and O–H groups in total. The molecule has 1 aromatic rings. The maximum Gasteiger partial charge on any atom is 0.253 e. The Bertz CT molecular complexity index is 403. The number of rotatable bonds is 4. The molecule has 0 spiro atoms. The first-order chi connectivity index (χ1) is 8.15. The monoisotopic (exact) mass is 237 g/mol. The van der Waals surface area contributed by atoms with Crippen molar-refractivity contribution < 1.29 is 19.4 Å². The number of carbonyl (C=O) groups is 1. The highest BCUT2D eigenvalue weighted by Crippen LogP contribution is 2.16. The summed E-state index contributed by atoms with van der Waals surface area (Å²) in [4.78, 5) is 11.7. The van der Waals surface area contributed by atoms with Gasteiger partial charge in [-0.1, -0.05) is 6.07 Å². The lowest BCUT2D eigenvalue weighted by Crippen LogP contribution is -2.41. The third-order valence-corrected chi connectivity index (χ3v) is 2.49. The summed E-state index contributed by atoms with van der Waals surface area (Å²) in [5, 5.41) is 11.9. The molecule has 1 saturated heterocycles. The summed E-state index contributed by atoms with van der Waals surface area (Å²) in [5.41, 5.74) is 0.551. The standard InChI is InChI=1S/C12H15NO4/c1-8(17-11-6-16-7-11)12(15)13-9-3-2-4-10(14)5-9/h2-5,8,11,14H,6-7H2,1H3,(H,13,15). The molecule has 5 heteroatoms. The van der Waals surface area contributed by atoms with E-state index in [1.54, 1.807) is 25.1 Å². The molecule has 92 valence electrons. The Kier molecular flexibility index (Phi) is 3.61. The fraction of sp³-hybridized carbons (Fsp3) is 0.417. The normalized spacial score (nSPS) is 17.2. The molecule has 0 aromatic heterocycles. The van der Waals surface area contributed by atoms with Crippen molar-refractivity contribution in [3.05, 3.63) is 24.3 Å². The van der Waals surface area contributed by atoms with Gasteiger partial charge in [-0.05, 0) is 19.1 Å². The van der Waals surface area contributed by atoms with E-state index < -0.39 is 6.10 Å². The first-order valence-corrected chi connectivity index (χ1v) is 5.48. The molecule has 5 nitrogen and oxygen atoms in total. The van der Waals surface area contributed by atoms with Crippen molar-refractivity contribution in [1.82, 2.24) is 0 Å². The Morgan fingerprint density at radius 1 is 1.59 bits per heavy atom. The summed E-state index contributed by atoms with van der Waals surface area (Å²) in [6, 6.07) is 6.39. The summed E-state index contributed by atoms with van der Waals surface area (Å²) in [6.07, 6.45) is -0.522. The highest BCUT2D eigenvalue weighted by atomic mass is 16.6. The van der Waals surface area contributed by atoms with Crippen LogP contribution >= 0.6 is 0 Å². The minimum Gasteiger partial charge on any atom is -0.508 e. The fourth-order valence-corrected chi connectivity index (χ4v) is 1.47. The number of ether oxygens (including phenoxy) is 2. The van der Waals surface area contributed by atoms with E-state index >= 15 is 0 Å². The number of nitrogens with one attached hydrogen (secondary N) is 1. The molecule has 1 aliphatic heterocycles. The van der Waals surface area contributed by atoms with Gasteiger partial charge in [0, 0.05) is 11.8 Å². The van der Waals surface area contributed by atoms with Crippen LogP contribution in [0.5, 0.6) is 5.75 Å². The topological polar surface area (TPSA) is 67.8 Å². The smallest absolute Gasteiger partial charge is 0.253 e. The van der Waals surface area contributed by atoms with Gasteiger partial charge in [-0.25, -0.2) is 0 Å². The molecule has 0 radical (unpaired) electrons. The Hall–Kier alpha value is -1.59. The maximum absolute atomic E-state index is 11.7. The van der Waals surface area contributed by atoms with Crippen molar-refractivity contribution in [2.24, 2.45) is 0 Å². The molecule has 1 aromatic carbocycles. The minimum absolute atomic E-state index is 0.0138. The predicted molar refractivity (Wildman–Crippen MR) is 61.9 cm³/mol. The quantitative estimate of drug-likeness (QED) is 0.823. The van der Waals surface area contributed by atoms with Crippen LogP contribution in [0.15, 0.2) is 24.3 Å². The van der Waals surface area contributed by atoms with E-state index in [1.165, 1.54) is 6.07 Å². The third-order valence-electron chi connectivity index (χ3n) is 2.49. The Labute approximate surface area is 99.3 Å². The van der Waals surface area contributed by atoms with Crippen molar-refractivity contribution in [2.75, 3.05) is 18.5 Å². The molecule has 1 atom stereocenters. The zero-order valence-corrected chi connectivity index (χ0v) is 9.55. The van der Waals surface area contributed by atoms with Gasteiger partial charge in [-0.2, -0.15) is 0 Å². The van der Waals surface area contributed by atoms with E-state index in [2.05, 4.69) is 5.32 Å². The summed E-state index contributed by atoms with van der Waals surface area (Å²) < 4.78 is 10.4. The lowest BCUT2D eigenvalue weighted by molar-refractivity contribution is -0.161. The lowest BCUT2D eigenvalue weighted by atomic mass is 10.2. The van der Waals surface area contributed by atoms with Crippen molar-refractivity contribution in [3.63, 3.8) is 0 Å². The number of carbonyl (C=O) groups excluding carboxylic acids is 1. The Morgan fingerprint density at radius 3 is 2.94 bits per heavy atom. The number of phenolic OH excluding ortho intramolecular Hbond substituents is 1. The highest BCUT2D eigenvalue weighted by molar-refractivity contribution is 5.94. The lowest BCUT2D eigenvalue weighted by Gasteiger charge is -2.28.